The first-order valence-corrected chi connectivity index (χ1v) is 11.4. The smallest absolute Gasteiger partial charge is 0.272 e. The van der Waals surface area contributed by atoms with Gasteiger partial charge in [-0.05, 0) is 48.1 Å². The maximum atomic E-state index is 13.2. The van der Waals surface area contributed by atoms with E-state index in [1.54, 1.807) is 29.3 Å². The standard InChI is InChI=1S/C28H29N3O2/c1-2-17-30-27(33)28(15-19-31(20-16-28)26(32)25-10-6-7-18-29-25)21-22-11-13-24(14-12-22)23-8-4-3-5-9-23/h2-14,18H,1,15-17,19-21H2,(H,30,33). The maximum Gasteiger partial charge on any atom is 0.272 e. The second-order valence-electron chi connectivity index (χ2n) is 8.53. The number of piperidine rings is 1. The van der Waals surface area contributed by atoms with Gasteiger partial charge in [0.1, 0.15) is 5.69 Å². The van der Waals surface area contributed by atoms with Gasteiger partial charge >= 0.3 is 0 Å². The number of rotatable bonds is 7. The van der Waals surface area contributed by atoms with E-state index in [1.165, 1.54) is 5.56 Å². The second kappa shape index (κ2) is 10.3. The zero-order valence-corrected chi connectivity index (χ0v) is 18.7. The van der Waals surface area contributed by atoms with E-state index < -0.39 is 5.41 Å². The summed E-state index contributed by atoms with van der Waals surface area (Å²) >= 11 is 0. The molecule has 2 aromatic carbocycles. The monoisotopic (exact) mass is 439 g/mol. The van der Waals surface area contributed by atoms with Crippen molar-refractivity contribution in [1.82, 2.24) is 15.2 Å². The van der Waals surface area contributed by atoms with Gasteiger partial charge in [0.05, 0.1) is 5.41 Å². The third-order valence-electron chi connectivity index (χ3n) is 6.38. The Morgan fingerprint density at radius 3 is 2.24 bits per heavy atom. The molecule has 1 aliphatic rings. The summed E-state index contributed by atoms with van der Waals surface area (Å²) in [5.41, 5.74) is 3.33. The van der Waals surface area contributed by atoms with Crippen molar-refractivity contribution in [2.24, 2.45) is 5.41 Å². The lowest BCUT2D eigenvalue weighted by Crippen LogP contribution is -2.51. The highest BCUT2D eigenvalue weighted by atomic mass is 16.2. The lowest BCUT2D eigenvalue weighted by molar-refractivity contribution is -0.133. The van der Waals surface area contributed by atoms with Crippen molar-refractivity contribution in [1.29, 1.82) is 0 Å². The molecule has 1 N–H and O–H groups in total. The molecule has 0 radical (unpaired) electrons. The number of pyridine rings is 1. The first-order chi connectivity index (χ1) is 16.1. The van der Waals surface area contributed by atoms with Gasteiger partial charge < -0.3 is 10.2 Å². The summed E-state index contributed by atoms with van der Waals surface area (Å²) in [4.78, 5) is 32.1. The number of nitrogens with one attached hydrogen (secondary N) is 1. The van der Waals surface area contributed by atoms with Crippen LogP contribution in [-0.2, 0) is 11.2 Å². The molecule has 33 heavy (non-hydrogen) atoms. The molecule has 4 rings (SSSR count). The van der Waals surface area contributed by atoms with Gasteiger partial charge in [-0.25, -0.2) is 0 Å². The molecule has 1 fully saturated rings. The Bertz CT molecular complexity index is 1090. The third kappa shape index (κ3) is 5.20. The van der Waals surface area contributed by atoms with Crippen molar-refractivity contribution in [2.75, 3.05) is 19.6 Å². The minimum atomic E-state index is -0.557. The van der Waals surface area contributed by atoms with Gasteiger partial charge in [-0.3, -0.25) is 14.6 Å². The van der Waals surface area contributed by atoms with Crippen LogP contribution in [0.2, 0.25) is 0 Å². The van der Waals surface area contributed by atoms with Crippen molar-refractivity contribution in [3.8, 4) is 11.1 Å². The Balaban J connectivity index is 1.50. The van der Waals surface area contributed by atoms with Crippen LogP contribution in [0.5, 0.6) is 0 Å². The van der Waals surface area contributed by atoms with Gasteiger partial charge in [-0.1, -0.05) is 66.7 Å². The number of hydrogen-bond donors (Lipinski definition) is 1. The molecular formula is C28H29N3O2. The van der Waals surface area contributed by atoms with Crippen LogP contribution in [0, 0.1) is 5.41 Å². The molecule has 1 aromatic heterocycles. The second-order valence-corrected chi connectivity index (χ2v) is 8.53. The highest BCUT2D eigenvalue weighted by Gasteiger charge is 2.42. The topological polar surface area (TPSA) is 62.3 Å². The van der Waals surface area contributed by atoms with Gasteiger partial charge in [0, 0.05) is 25.8 Å². The normalized spacial score (nSPS) is 15.0. The highest BCUT2D eigenvalue weighted by Crippen LogP contribution is 2.36. The van der Waals surface area contributed by atoms with E-state index in [1.807, 2.05) is 24.3 Å². The third-order valence-corrected chi connectivity index (χ3v) is 6.38. The summed E-state index contributed by atoms with van der Waals surface area (Å²) < 4.78 is 0. The predicted molar refractivity (Wildman–Crippen MR) is 131 cm³/mol. The van der Waals surface area contributed by atoms with Crippen molar-refractivity contribution in [3.63, 3.8) is 0 Å². The molecule has 2 amide bonds. The van der Waals surface area contributed by atoms with Crippen molar-refractivity contribution in [3.05, 3.63) is 103 Å². The summed E-state index contributed by atoms with van der Waals surface area (Å²) in [6.07, 6.45) is 5.17. The van der Waals surface area contributed by atoms with Gasteiger partial charge in [0.2, 0.25) is 5.91 Å². The fourth-order valence-corrected chi connectivity index (χ4v) is 4.46. The summed E-state index contributed by atoms with van der Waals surface area (Å²) in [7, 11) is 0. The average Bonchev–Trinajstić information content (AvgIpc) is 2.88. The molecule has 2 heterocycles. The first-order valence-electron chi connectivity index (χ1n) is 11.4. The number of hydrogen-bond acceptors (Lipinski definition) is 3. The lowest BCUT2D eigenvalue weighted by Gasteiger charge is -2.40. The lowest BCUT2D eigenvalue weighted by atomic mass is 9.72. The van der Waals surface area contributed by atoms with Crippen LogP contribution < -0.4 is 5.32 Å². The van der Waals surface area contributed by atoms with E-state index in [9.17, 15) is 9.59 Å². The van der Waals surface area contributed by atoms with E-state index >= 15 is 0 Å². The summed E-state index contributed by atoms with van der Waals surface area (Å²) in [5, 5.41) is 3.00. The van der Waals surface area contributed by atoms with E-state index in [0.717, 1.165) is 11.1 Å². The Morgan fingerprint density at radius 1 is 0.939 bits per heavy atom. The summed E-state index contributed by atoms with van der Waals surface area (Å²) in [6, 6.07) is 24.0. The zero-order chi connectivity index (χ0) is 23.1. The SMILES string of the molecule is C=CCNC(=O)C1(Cc2ccc(-c3ccccc3)cc2)CCN(C(=O)c2ccccn2)CC1. The fourth-order valence-electron chi connectivity index (χ4n) is 4.46. The molecule has 0 saturated carbocycles. The van der Waals surface area contributed by atoms with Crippen LogP contribution in [0.15, 0.2) is 91.6 Å². The number of likely N-dealkylation sites (tertiary alicyclic amines) is 1. The van der Waals surface area contributed by atoms with Crippen LogP contribution in [-0.4, -0.2) is 41.3 Å². The summed E-state index contributed by atoms with van der Waals surface area (Å²) in [5.74, 6) is -0.0533. The van der Waals surface area contributed by atoms with Gasteiger partial charge in [0.25, 0.3) is 5.91 Å². The van der Waals surface area contributed by atoms with E-state index in [-0.39, 0.29) is 11.8 Å². The molecular weight excluding hydrogens is 410 g/mol. The van der Waals surface area contributed by atoms with Crippen LogP contribution in [0.1, 0.15) is 28.9 Å². The Morgan fingerprint density at radius 2 is 1.61 bits per heavy atom. The van der Waals surface area contributed by atoms with Crippen LogP contribution in [0.3, 0.4) is 0 Å². The predicted octanol–water partition coefficient (Wildman–Crippen LogP) is 4.52. The molecule has 0 unspecified atom stereocenters. The Kier molecular flexibility index (Phi) is 6.98. The van der Waals surface area contributed by atoms with Crippen LogP contribution in [0.25, 0.3) is 11.1 Å². The number of aromatic nitrogens is 1. The van der Waals surface area contributed by atoms with E-state index in [2.05, 4.69) is 53.3 Å². The molecule has 3 aromatic rings. The molecule has 0 aliphatic carbocycles. The van der Waals surface area contributed by atoms with E-state index in [0.29, 0.717) is 44.6 Å². The van der Waals surface area contributed by atoms with Crippen LogP contribution >= 0.6 is 0 Å². The highest BCUT2D eigenvalue weighted by molar-refractivity contribution is 5.92. The van der Waals surface area contributed by atoms with Crippen LogP contribution in [0.4, 0.5) is 0 Å². The molecule has 168 valence electrons. The molecule has 5 nitrogen and oxygen atoms in total. The van der Waals surface area contributed by atoms with Gasteiger partial charge in [-0.2, -0.15) is 0 Å². The van der Waals surface area contributed by atoms with Gasteiger partial charge in [-0.15, -0.1) is 6.58 Å². The number of amides is 2. The fraction of sp³-hybridized carbons (Fsp3) is 0.250. The van der Waals surface area contributed by atoms with Crippen molar-refractivity contribution in [2.45, 2.75) is 19.3 Å². The molecule has 1 aliphatic heterocycles. The summed E-state index contributed by atoms with van der Waals surface area (Å²) in [6.45, 7) is 5.21. The van der Waals surface area contributed by atoms with Crippen molar-refractivity contribution >= 4 is 11.8 Å². The number of benzene rings is 2. The number of carbonyl (C=O) groups is 2. The minimum Gasteiger partial charge on any atom is -0.352 e. The minimum absolute atomic E-state index is 0.0273. The van der Waals surface area contributed by atoms with Crippen molar-refractivity contribution < 1.29 is 9.59 Å². The quantitative estimate of drug-likeness (QED) is 0.551. The Labute approximate surface area is 195 Å². The van der Waals surface area contributed by atoms with Gasteiger partial charge in [0.15, 0.2) is 0 Å². The molecule has 0 spiro atoms. The first kappa shape index (κ1) is 22.5. The molecule has 0 atom stereocenters. The number of carbonyl (C=O) groups excluding carboxylic acids is 2. The zero-order valence-electron chi connectivity index (χ0n) is 18.7. The number of nitrogens with zero attached hydrogens (tertiary/aromatic N) is 2. The average molecular weight is 440 g/mol. The molecule has 5 heteroatoms. The Hall–Kier alpha value is -3.73. The molecule has 1 saturated heterocycles. The maximum absolute atomic E-state index is 13.2. The van der Waals surface area contributed by atoms with E-state index in [4.69, 9.17) is 0 Å². The largest absolute Gasteiger partial charge is 0.352 e. The molecule has 0 bridgehead atoms.